The highest BCUT2D eigenvalue weighted by Gasteiger charge is 2.22. The van der Waals surface area contributed by atoms with Crippen molar-refractivity contribution in [1.82, 2.24) is 4.57 Å². The summed E-state index contributed by atoms with van der Waals surface area (Å²) >= 11 is 0. The van der Waals surface area contributed by atoms with Crippen LogP contribution in [-0.4, -0.2) is 16.1 Å². The molecule has 0 amide bonds. The lowest BCUT2D eigenvalue weighted by molar-refractivity contribution is -0.113. The quantitative estimate of drug-likeness (QED) is 0.586. The minimum absolute atomic E-state index is 0.401. The zero-order valence-corrected chi connectivity index (χ0v) is 10.5. The molecule has 3 nitrogen and oxygen atoms in total. The summed E-state index contributed by atoms with van der Waals surface area (Å²) in [6.07, 6.45) is 0. The largest absolute Gasteiger partial charge is 0.347 e. The molecule has 3 heteroatoms. The molecule has 0 spiro atoms. The summed E-state index contributed by atoms with van der Waals surface area (Å²) in [6, 6.07) is 5.88. The predicted octanol–water partition coefficient (Wildman–Crippen LogP) is 2.57. The van der Waals surface area contributed by atoms with Crippen LogP contribution in [0.15, 0.2) is 18.2 Å². The van der Waals surface area contributed by atoms with Crippen LogP contribution < -0.4 is 0 Å². The zero-order chi connectivity index (χ0) is 12.7. The van der Waals surface area contributed by atoms with Gasteiger partial charge in [-0.3, -0.25) is 9.59 Å². The number of fused-ring (bicyclic) bond motifs is 1. The molecule has 1 aromatic carbocycles. The smallest absolute Gasteiger partial charge is 0.230 e. The monoisotopic (exact) mass is 229 g/mol. The van der Waals surface area contributed by atoms with Gasteiger partial charge in [-0.1, -0.05) is 12.1 Å². The van der Waals surface area contributed by atoms with Crippen molar-refractivity contribution in [2.45, 2.75) is 20.8 Å². The highest BCUT2D eigenvalue weighted by atomic mass is 16.2. The predicted molar refractivity (Wildman–Crippen MR) is 67.4 cm³/mol. The van der Waals surface area contributed by atoms with Gasteiger partial charge in [0.05, 0.1) is 5.56 Å². The number of rotatable bonds is 2. The Bertz CT molecular complexity index is 635. The first kappa shape index (κ1) is 11.6. The number of carbonyl (C=O) groups excluding carboxylic acids is 2. The normalized spacial score (nSPS) is 10.8. The number of ketones is 2. The van der Waals surface area contributed by atoms with Gasteiger partial charge in [-0.05, 0) is 25.5 Å². The van der Waals surface area contributed by atoms with Crippen molar-refractivity contribution in [3.05, 3.63) is 35.0 Å². The fourth-order valence-electron chi connectivity index (χ4n) is 2.24. The highest BCUT2D eigenvalue weighted by molar-refractivity contribution is 6.45. The molecule has 0 atom stereocenters. The fourth-order valence-corrected chi connectivity index (χ4v) is 2.24. The van der Waals surface area contributed by atoms with E-state index < -0.39 is 11.6 Å². The Morgan fingerprint density at radius 3 is 2.41 bits per heavy atom. The molecular weight excluding hydrogens is 214 g/mol. The molecule has 1 heterocycles. The minimum atomic E-state index is -0.413. The number of aromatic nitrogens is 1. The van der Waals surface area contributed by atoms with Gasteiger partial charge in [0.15, 0.2) is 5.78 Å². The van der Waals surface area contributed by atoms with Gasteiger partial charge in [-0.25, -0.2) is 0 Å². The Hall–Kier alpha value is -1.90. The van der Waals surface area contributed by atoms with Crippen molar-refractivity contribution in [3.63, 3.8) is 0 Å². The van der Waals surface area contributed by atoms with Crippen molar-refractivity contribution < 1.29 is 9.59 Å². The van der Waals surface area contributed by atoms with E-state index in [0.29, 0.717) is 5.56 Å². The summed E-state index contributed by atoms with van der Waals surface area (Å²) in [5, 5.41) is 0.896. The van der Waals surface area contributed by atoms with Crippen LogP contribution in [0.3, 0.4) is 0 Å². The van der Waals surface area contributed by atoms with Crippen LogP contribution >= 0.6 is 0 Å². The van der Waals surface area contributed by atoms with E-state index in [4.69, 9.17) is 0 Å². The van der Waals surface area contributed by atoms with Crippen molar-refractivity contribution in [3.8, 4) is 0 Å². The number of hydrogen-bond acceptors (Lipinski definition) is 2. The topological polar surface area (TPSA) is 39.1 Å². The molecule has 0 aliphatic heterocycles. The van der Waals surface area contributed by atoms with Gasteiger partial charge in [0.2, 0.25) is 5.78 Å². The van der Waals surface area contributed by atoms with Crippen LogP contribution in [-0.2, 0) is 11.8 Å². The zero-order valence-electron chi connectivity index (χ0n) is 10.5. The molecule has 0 bridgehead atoms. The van der Waals surface area contributed by atoms with Crippen molar-refractivity contribution in [2.75, 3.05) is 0 Å². The average molecular weight is 229 g/mol. The molecule has 1 aromatic heterocycles. The molecule has 2 aromatic rings. The number of Topliss-reactive ketones (excluding diaryl/α,β-unsaturated/α-hetero) is 2. The van der Waals surface area contributed by atoms with Crippen molar-refractivity contribution in [2.24, 2.45) is 7.05 Å². The molecule has 0 saturated heterocycles. The van der Waals surface area contributed by atoms with Gasteiger partial charge in [-0.2, -0.15) is 0 Å². The standard InChI is InChI=1S/C14H15NO2/c1-8-6-5-7-11-12(8)13(9(2)15(11)4)14(17)10(3)16/h5-7H,1-4H3. The summed E-state index contributed by atoms with van der Waals surface area (Å²) in [5.41, 5.74) is 3.41. The SMILES string of the molecule is CC(=O)C(=O)c1c(C)n(C)c2cccc(C)c12. The van der Waals surface area contributed by atoms with E-state index in [1.165, 1.54) is 6.92 Å². The second kappa shape index (κ2) is 3.84. The second-order valence-electron chi connectivity index (χ2n) is 4.37. The first-order valence-electron chi connectivity index (χ1n) is 5.55. The summed E-state index contributed by atoms with van der Waals surface area (Å²) in [4.78, 5) is 23.3. The molecule has 0 aliphatic rings. The van der Waals surface area contributed by atoms with E-state index >= 15 is 0 Å². The average Bonchev–Trinajstić information content (AvgIpc) is 2.53. The van der Waals surface area contributed by atoms with Crippen molar-refractivity contribution in [1.29, 1.82) is 0 Å². The molecule has 0 saturated carbocycles. The first-order chi connectivity index (χ1) is 7.95. The number of nitrogens with zero attached hydrogens (tertiary/aromatic N) is 1. The van der Waals surface area contributed by atoms with Gasteiger partial charge in [0.1, 0.15) is 0 Å². The van der Waals surface area contributed by atoms with Gasteiger partial charge in [-0.15, -0.1) is 0 Å². The van der Waals surface area contributed by atoms with E-state index in [1.54, 1.807) is 0 Å². The maximum Gasteiger partial charge on any atom is 0.230 e. The van der Waals surface area contributed by atoms with E-state index in [0.717, 1.165) is 22.2 Å². The third-order valence-electron chi connectivity index (χ3n) is 3.27. The highest BCUT2D eigenvalue weighted by Crippen LogP contribution is 2.28. The number of carbonyl (C=O) groups is 2. The van der Waals surface area contributed by atoms with Crippen LogP contribution in [0.25, 0.3) is 10.9 Å². The summed E-state index contributed by atoms with van der Waals surface area (Å²) in [5.74, 6) is -0.814. The van der Waals surface area contributed by atoms with Gasteiger partial charge >= 0.3 is 0 Å². The van der Waals surface area contributed by atoms with Gasteiger partial charge in [0.25, 0.3) is 0 Å². The Morgan fingerprint density at radius 1 is 1.18 bits per heavy atom. The van der Waals surface area contributed by atoms with E-state index in [2.05, 4.69) is 0 Å². The number of aryl methyl sites for hydroxylation is 2. The molecule has 0 aliphatic carbocycles. The molecule has 0 radical (unpaired) electrons. The van der Waals surface area contributed by atoms with Crippen LogP contribution in [0, 0.1) is 13.8 Å². The summed E-state index contributed by atoms with van der Waals surface area (Å²) in [7, 11) is 1.91. The van der Waals surface area contributed by atoms with Crippen LogP contribution in [0.2, 0.25) is 0 Å². The first-order valence-corrected chi connectivity index (χ1v) is 5.55. The minimum Gasteiger partial charge on any atom is -0.347 e. The molecule has 88 valence electrons. The van der Waals surface area contributed by atoms with Crippen LogP contribution in [0.1, 0.15) is 28.5 Å². The van der Waals surface area contributed by atoms with E-state index in [-0.39, 0.29) is 0 Å². The fraction of sp³-hybridized carbons (Fsp3) is 0.286. The van der Waals surface area contributed by atoms with Crippen LogP contribution in [0.4, 0.5) is 0 Å². The third kappa shape index (κ3) is 1.58. The van der Waals surface area contributed by atoms with E-state index in [1.807, 2.05) is 43.7 Å². The Morgan fingerprint density at radius 2 is 1.82 bits per heavy atom. The molecule has 2 rings (SSSR count). The lowest BCUT2D eigenvalue weighted by Gasteiger charge is -1.99. The van der Waals surface area contributed by atoms with Crippen LogP contribution in [0.5, 0.6) is 0 Å². The molecular formula is C14H15NO2. The molecule has 17 heavy (non-hydrogen) atoms. The number of hydrogen-bond donors (Lipinski definition) is 0. The summed E-state index contributed by atoms with van der Waals surface area (Å²) < 4.78 is 1.96. The Balaban J connectivity index is 2.92. The van der Waals surface area contributed by atoms with Crippen molar-refractivity contribution >= 4 is 22.5 Å². The molecule has 0 unspecified atom stereocenters. The lowest BCUT2D eigenvalue weighted by Crippen LogP contribution is -2.11. The van der Waals surface area contributed by atoms with E-state index in [9.17, 15) is 9.59 Å². The number of benzene rings is 1. The third-order valence-corrected chi connectivity index (χ3v) is 3.27. The maximum atomic E-state index is 12.0. The molecule has 0 N–H and O–H groups in total. The van der Waals surface area contributed by atoms with Gasteiger partial charge in [0, 0.05) is 30.6 Å². The molecule has 0 fully saturated rings. The Labute approximate surface area is 100 Å². The maximum absolute atomic E-state index is 12.0. The Kier molecular flexibility index (Phi) is 2.62. The second-order valence-corrected chi connectivity index (χ2v) is 4.37. The summed E-state index contributed by atoms with van der Waals surface area (Å²) in [6.45, 7) is 5.15. The lowest BCUT2D eigenvalue weighted by atomic mass is 10.0. The van der Waals surface area contributed by atoms with Gasteiger partial charge < -0.3 is 4.57 Å².